The van der Waals surface area contributed by atoms with Crippen molar-refractivity contribution in [2.75, 3.05) is 6.61 Å². The Balaban J connectivity index is 1.03. The molecular formula is C22H32ClFN2O4. The van der Waals surface area contributed by atoms with Crippen LogP contribution in [0.25, 0.3) is 0 Å². The summed E-state index contributed by atoms with van der Waals surface area (Å²) in [6, 6.07) is 0. The topological polar surface area (TPSA) is 76.7 Å². The Hall–Kier alpha value is -0.920. The van der Waals surface area contributed by atoms with E-state index in [-0.39, 0.29) is 60.1 Å². The summed E-state index contributed by atoms with van der Waals surface area (Å²) in [6.07, 6.45) is 6.05. The lowest BCUT2D eigenvalue weighted by atomic mass is 9.44. The van der Waals surface area contributed by atoms with Gasteiger partial charge in [0, 0.05) is 17.5 Å². The molecule has 0 aromatic heterocycles. The van der Waals surface area contributed by atoms with Gasteiger partial charge < -0.3 is 20.1 Å². The van der Waals surface area contributed by atoms with Gasteiger partial charge in [0.1, 0.15) is 12.8 Å². The van der Waals surface area contributed by atoms with E-state index in [1.165, 1.54) is 12.8 Å². The Morgan fingerprint density at radius 1 is 1.10 bits per heavy atom. The maximum absolute atomic E-state index is 13.7. The number of nitrogens with one attached hydrogen (secondary N) is 2. The molecule has 2 bridgehead atoms. The van der Waals surface area contributed by atoms with Crippen molar-refractivity contribution in [2.45, 2.75) is 106 Å². The molecular weight excluding hydrogens is 411 g/mol. The van der Waals surface area contributed by atoms with Crippen molar-refractivity contribution >= 4 is 23.4 Å². The molecule has 6 rings (SSSR count). The molecule has 5 saturated carbocycles. The highest BCUT2D eigenvalue weighted by molar-refractivity contribution is 6.21. The van der Waals surface area contributed by atoms with Gasteiger partial charge in [0.15, 0.2) is 0 Å². The first-order chi connectivity index (χ1) is 14.3. The van der Waals surface area contributed by atoms with Crippen LogP contribution in [-0.4, -0.2) is 59.4 Å². The lowest BCUT2D eigenvalue weighted by Crippen LogP contribution is -2.84. The van der Waals surface area contributed by atoms with E-state index in [2.05, 4.69) is 10.6 Å². The second-order valence-electron chi connectivity index (χ2n) is 10.5. The molecule has 6 unspecified atom stereocenters. The molecule has 6 aliphatic rings. The van der Waals surface area contributed by atoms with Crippen molar-refractivity contribution in [3.8, 4) is 0 Å². The van der Waals surface area contributed by atoms with Crippen LogP contribution in [0.1, 0.15) is 64.7 Å². The lowest BCUT2D eigenvalue weighted by Gasteiger charge is -2.70. The minimum absolute atomic E-state index is 0.0217. The molecule has 1 heterocycles. The van der Waals surface area contributed by atoms with E-state index in [0.29, 0.717) is 18.8 Å². The van der Waals surface area contributed by atoms with Gasteiger partial charge in [-0.05, 0) is 64.2 Å². The normalized spacial score (nSPS) is 47.2. The van der Waals surface area contributed by atoms with E-state index in [1.54, 1.807) is 0 Å². The van der Waals surface area contributed by atoms with E-state index >= 15 is 0 Å². The minimum Gasteiger partial charge on any atom is -0.374 e. The van der Waals surface area contributed by atoms with Crippen molar-refractivity contribution in [1.29, 1.82) is 0 Å². The summed E-state index contributed by atoms with van der Waals surface area (Å²) in [5, 5.41) is 5.87. The number of carbonyl (C=O) groups is 2. The van der Waals surface area contributed by atoms with Crippen LogP contribution in [0, 0.1) is 11.8 Å². The monoisotopic (exact) mass is 442 g/mol. The van der Waals surface area contributed by atoms with E-state index in [9.17, 15) is 14.0 Å². The minimum atomic E-state index is -1.07. The summed E-state index contributed by atoms with van der Waals surface area (Å²) in [6.45, 7) is 1.95. The third kappa shape index (κ3) is 3.97. The van der Waals surface area contributed by atoms with Crippen LogP contribution in [0.5, 0.6) is 0 Å². The van der Waals surface area contributed by atoms with Crippen molar-refractivity contribution in [3.63, 3.8) is 0 Å². The molecule has 0 aromatic carbocycles. The number of ether oxygens (including phenoxy) is 2. The van der Waals surface area contributed by atoms with Crippen LogP contribution in [0.2, 0.25) is 0 Å². The van der Waals surface area contributed by atoms with Gasteiger partial charge in [-0.1, -0.05) is 0 Å². The number of carbonyl (C=O) groups excluding carboxylic acids is 2. The van der Waals surface area contributed by atoms with E-state index < -0.39 is 11.5 Å². The predicted octanol–water partition coefficient (Wildman–Crippen LogP) is 2.61. The van der Waals surface area contributed by atoms with Crippen LogP contribution in [0.4, 0.5) is 4.39 Å². The fourth-order valence-electron chi connectivity index (χ4n) is 6.09. The second kappa shape index (κ2) is 7.59. The Morgan fingerprint density at radius 2 is 1.80 bits per heavy atom. The highest BCUT2D eigenvalue weighted by Crippen LogP contribution is 2.60. The number of hydrogen-bond donors (Lipinski definition) is 2. The molecule has 6 atom stereocenters. The highest BCUT2D eigenvalue weighted by Gasteiger charge is 2.69. The molecule has 5 aliphatic carbocycles. The fraction of sp³-hybridized carbons (Fsp3) is 0.909. The summed E-state index contributed by atoms with van der Waals surface area (Å²) in [5.41, 5.74) is -0.374. The maximum atomic E-state index is 13.7. The van der Waals surface area contributed by atoms with Gasteiger partial charge >= 0.3 is 0 Å². The molecule has 0 radical (unpaired) electrons. The van der Waals surface area contributed by atoms with Gasteiger partial charge in [-0.25, -0.2) is 4.39 Å². The van der Waals surface area contributed by atoms with Crippen molar-refractivity contribution in [1.82, 2.24) is 10.6 Å². The number of rotatable bonds is 7. The van der Waals surface area contributed by atoms with Crippen molar-refractivity contribution in [3.05, 3.63) is 0 Å². The van der Waals surface area contributed by atoms with Crippen LogP contribution < -0.4 is 10.6 Å². The molecule has 30 heavy (non-hydrogen) atoms. The van der Waals surface area contributed by atoms with Gasteiger partial charge in [0.2, 0.25) is 11.8 Å². The van der Waals surface area contributed by atoms with Gasteiger partial charge in [-0.3, -0.25) is 9.59 Å². The number of alkyl halides is 2. The van der Waals surface area contributed by atoms with Gasteiger partial charge in [-0.2, -0.15) is 0 Å². The zero-order chi connectivity index (χ0) is 21.1. The Morgan fingerprint density at radius 3 is 2.47 bits per heavy atom. The lowest BCUT2D eigenvalue weighted by molar-refractivity contribution is -0.155. The van der Waals surface area contributed by atoms with E-state index in [4.69, 9.17) is 21.1 Å². The highest BCUT2D eigenvalue weighted by atomic mass is 35.5. The largest absolute Gasteiger partial charge is 0.374 e. The molecule has 6 nitrogen and oxygen atoms in total. The second-order valence-corrected chi connectivity index (χ2v) is 11.0. The van der Waals surface area contributed by atoms with Crippen molar-refractivity contribution in [2.24, 2.45) is 11.8 Å². The standard InChI is InChI=1S/C22H32ClFN2O4/c1-12-15(7-18(30-12)13-2-3-13)20(28)26-22-9-21(10-22,11-22)25-19(27)8-29-14-4-5-16(23)17(24)6-14/h12-18H,2-11H2,1H3,(H,25,27)(H,26,28). The predicted molar refractivity (Wildman–Crippen MR) is 109 cm³/mol. The Bertz CT molecular complexity index is 697. The summed E-state index contributed by atoms with van der Waals surface area (Å²) >= 11 is 5.89. The van der Waals surface area contributed by atoms with Gasteiger partial charge in [-0.15, -0.1) is 11.6 Å². The van der Waals surface area contributed by atoms with Gasteiger partial charge in [0.25, 0.3) is 0 Å². The summed E-state index contributed by atoms with van der Waals surface area (Å²) in [4.78, 5) is 25.1. The van der Waals surface area contributed by atoms with Crippen LogP contribution >= 0.6 is 11.6 Å². The number of hydrogen-bond acceptors (Lipinski definition) is 4. The SMILES string of the molecule is CC1OC(C2CC2)CC1C(=O)NC12CC(NC(=O)COC3CCC(Cl)C(F)C3)(C1)C2. The maximum Gasteiger partial charge on any atom is 0.246 e. The van der Waals surface area contributed by atoms with Crippen LogP contribution in [-0.2, 0) is 19.1 Å². The molecule has 0 aromatic rings. The fourth-order valence-corrected chi connectivity index (χ4v) is 6.32. The van der Waals surface area contributed by atoms with Crippen LogP contribution in [0.15, 0.2) is 0 Å². The molecule has 0 spiro atoms. The first-order valence-corrected chi connectivity index (χ1v) is 11.9. The third-order valence-electron chi connectivity index (χ3n) is 7.85. The summed E-state index contributed by atoms with van der Waals surface area (Å²) in [5.74, 6) is 0.528. The number of amides is 2. The molecule has 1 saturated heterocycles. The van der Waals surface area contributed by atoms with Gasteiger partial charge in [0.05, 0.1) is 29.6 Å². The zero-order valence-corrected chi connectivity index (χ0v) is 18.3. The molecule has 1 aliphatic heterocycles. The van der Waals surface area contributed by atoms with E-state index in [1.807, 2.05) is 6.92 Å². The van der Waals surface area contributed by atoms with E-state index in [0.717, 1.165) is 25.7 Å². The molecule has 8 heteroatoms. The molecule has 2 N–H and O–H groups in total. The zero-order valence-electron chi connectivity index (χ0n) is 17.5. The van der Waals surface area contributed by atoms with Crippen molar-refractivity contribution < 1.29 is 23.5 Å². The Kier molecular flexibility index (Phi) is 5.30. The first-order valence-electron chi connectivity index (χ1n) is 11.4. The van der Waals surface area contributed by atoms with Crippen LogP contribution in [0.3, 0.4) is 0 Å². The molecule has 6 fully saturated rings. The summed E-state index contributed by atoms with van der Waals surface area (Å²) in [7, 11) is 0. The Labute approximate surface area is 181 Å². The molecule has 168 valence electrons. The quantitative estimate of drug-likeness (QED) is 0.594. The average molecular weight is 443 g/mol. The molecule has 2 amide bonds. The number of halogens is 2. The third-order valence-corrected chi connectivity index (χ3v) is 8.34. The first kappa shape index (κ1) is 21.0. The summed E-state index contributed by atoms with van der Waals surface area (Å²) < 4.78 is 25.3. The smallest absolute Gasteiger partial charge is 0.246 e. The average Bonchev–Trinajstić information content (AvgIpc) is 3.42.